The summed E-state index contributed by atoms with van der Waals surface area (Å²) in [6.07, 6.45) is -12.4. The minimum Gasteiger partial charge on any atom is -0.481 e. The van der Waals surface area contributed by atoms with Gasteiger partial charge in [0, 0.05) is 17.3 Å². The number of aromatic nitrogens is 1. The molecule has 0 radical (unpaired) electrons. The van der Waals surface area contributed by atoms with Crippen molar-refractivity contribution >= 4 is 11.6 Å². The average molecular weight is 424 g/mol. The van der Waals surface area contributed by atoms with Crippen LogP contribution in [0.15, 0.2) is 30.3 Å². The predicted molar refractivity (Wildman–Crippen MR) is 89.6 cm³/mol. The Morgan fingerprint density at radius 2 is 1.48 bits per heavy atom. The van der Waals surface area contributed by atoms with Gasteiger partial charge in [0.25, 0.3) is 5.91 Å². The minimum absolute atomic E-state index is 0.0601. The maximum atomic E-state index is 14.3. The van der Waals surface area contributed by atoms with Crippen LogP contribution in [0.1, 0.15) is 27.2 Å². The monoisotopic (exact) mass is 424 g/mol. The summed E-state index contributed by atoms with van der Waals surface area (Å²) in [7, 11) is 1.32. The molecule has 1 N–H and O–H groups in total. The number of benzene rings is 1. The van der Waals surface area contributed by atoms with Gasteiger partial charge in [-0.25, -0.2) is 9.37 Å². The third kappa shape index (κ3) is 4.13. The maximum Gasteiger partial charge on any atom is 0.435 e. The van der Waals surface area contributed by atoms with Crippen molar-refractivity contribution in [2.45, 2.75) is 31.9 Å². The first kappa shape index (κ1) is 22.4. The van der Waals surface area contributed by atoms with Gasteiger partial charge < -0.3 is 10.1 Å². The molecule has 0 spiro atoms. The van der Waals surface area contributed by atoms with Crippen molar-refractivity contribution < 1.29 is 40.3 Å². The van der Waals surface area contributed by atoms with E-state index < -0.39 is 29.5 Å². The van der Waals surface area contributed by atoms with Gasteiger partial charge in [0.15, 0.2) is 0 Å². The second-order valence-corrected chi connectivity index (χ2v) is 6.16. The average Bonchev–Trinajstić information content (AvgIpc) is 2.61. The van der Waals surface area contributed by atoms with Crippen molar-refractivity contribution in [3.63, 3.8) is 0 Å². The number of hydrogen-bond donors (Lipinski definition) is 1. The van der Waals surface area contributed by atoms with Crippen molar-refractivity contribution in [1.82, 2.24) is 4.98 Å². The van der Waals surface area contributed by atoms with Crippen LogP contribution in [0.3, 0.4) is 0 Å². The minimum atomic E-state index is -6.22. The van der Waals surface area contributed by atoms with Gasteiger partial charge in [-0.05, 0) is 31.0 Å². The van der Waals surface area contributed by atoms with Crippen LogP contribution in [0, 0.1) is 13.8 Å². The van der Waals surface area contributed by atoms with Crippen molar-refractivity contribution in [1.29, 1.82) is 0 Å². The Morgan fingerprint density at radius 3 is 1.93 bits per heavy atom. The number of ether oxygens (including phenoxy) is 1. The SMILES string of the molecule is COc1cccc(C(=O)Nc2c(C)cc(C(F)(C(F)(F)F)C(F)(F)F)cc2C)n1. The van der Waals surface area contributed by atoms with E-state index in [1.165, 1.54) is 25.3 Å². The largest absolute Gasteiger partial charge is 0.481 e. The number of amides is 1. The Bertz CT molecular complexity index is 886. The number of aryl methyl sites for hydroxylation is 2. The Balaban J connectivity index is 2.47. The van der Waals surface area contributed by atoms with Gasteiger partial charge in [0.2, 0.25) is 5.88 Å². The first-order valence-electron chi connectivity index (χ1n) is 7.99. The summed E-state index contributed by atoms with van der Waals surface area (Å²) in [6.45, 7) is 2.30. The van der Waals surface area contributed by atoms with E-state index >= 15 is 0 Å². The highest BCUT2D eigenvalue weighted by molar-refractivity contribution is 6.03. The Labute approximate surface area is 160 Å². The number of nitrogens with zero attached hydrogens (tertiary/aromatic N) is 1. The molecule has 4 nitrogen and oxygen atoms in total. The number of anilines is 1. The second-order valence-electron chi connectivity index (χ2n) is 6.16. The lowest BCUT2D eigenvalue weighted by molar-refractivity contribution is -0.348. The number of carbonyl (C=O) groups is 1. The Morgan fingerprint density at radius 1 is 0.966 bits per heavy atom. The highest BCUT2D eigenvalue weighted by Gasteiger charge is 2.73. The van der Waals surface area contributed by atoms with Gasteiger partial charge in [-0.1, -0.05) is 18.2 Å². The zero-order valence-electron chi connectivity index (χ0n) is 15.3. The van der Waals surface area contributed by atoms with Crippen LogP contribution in [0.5, 0.6) is 5.88 Å². The van der Waals surface area contributed by atoms with E-state index in [0.29, 0.717) is 12.1 Å². The molecule has 0 fully saturated rings. The third-order valence-electron chi connectivity index (χ3n) is 4.12. The van der Waals surface area contributed by atoms with Gasteiger partial charge in [-0.3, -0.25) is 4.79 Å². The summed E-state index contributed by atoms with van der Waals surface area (Å²) < 4.78 is 97.0. The Kier molecular flexibility index (Phi) is 5.82. The van der Waals surface area contributed by atoms with Gasteiger partial charge in [-0.2, -0.15) is 26.3 Å². The molecule has 1 amide bonds. The van der Waals surface area contributed by atoms with E-state index in [2.05, 4.69) is 10.3 Å². The van der Waals surface area contributed by atoms with Crippen LogP contribution < -0.4 is 10.1 Å². The van der Waals surface area contributed by atoms with E-state index in [1.807, 2.05) is 0 Å². The fourth-order valence-electron chi connectivity index (χ4n) is 2.68. The number of pyridine rings is 1. The molecule has 1 aromatic carbocycles. The molecule has 11 heteroatoms. The van der Waals surface area contributed by atoms with Crippen molar-refractivity contribution in [2.75, 3.05) is 12.4 Å². The van der Waals surface area contributed by atoms with E-state index in [9.17, 15) is 35.5 Å². The molecule has 0 atom stereocenters. The highest BCUT2D eigenvalue weighted by atomic mass is 19.4. The van der Waals surface area contributed by atoms with E-state index in [4.69, 9.17) is 4.74 Å². The highest BCUT2D eigenvalue weighted by Crippen LogP contribution is 2.53. The summed E-state index contributed by atoms with van der Waals surface area (Å²) >= 11 is 0. The predicted octanol–water partition coefficient (Wildman–Crippen LogP) is 5.25. The van der Waals surface area contributed by atoms with Crippen LogP contribution >= 0.6 is 0 Å². The van der Waals surface area contributed by atoms with E-state index in [-0.39, 0.29) is 28.4 Å². The molecule has 29 heavy (non-hydrogen) atoms. The first-order chi connectivity index (χ1) is 13.2. The molecule has 0 aliphatic heterocycles. The smallest absolute Gasteiger partial charge is 0.435 e. The second kappa shape index (κ2) is 7.53. The van der Waals surface area contributed by atoms with Gasteiger partial charge >= 0.3 is 18.0 Å². The molecule has 1 heterocycles. The quantitative estimate of drug-likeness (QED) is 0.683. The number of halogens is 7. The van der Waals surface area contributed by atoms with Crippen molar-refractivity contribution in [3.8, 4) is 5.88 Å². The molecule has 158 valence electrons. The molecule has 1 aromatic heterocycles. The fraction of sp³-hybridized carbons (Fsp3) is 0.333. The number of carbonyl (C=O) groups excluding carboxylic acids is 1. The van der Waals surface area contributed by atoms with E-state index in [0.717, 1.165) is 13.8 Å². The molecule has 0 unspecified atom stereocenters. The molecule has 0 bridgehead atoms. The molecule has 2 rings (SSSR count). The fourth-order valence-corrected chi connectivity index (χ4v) is 2.68. The van der Waals surface area contributed by atoms with Crippen LogP contribution in [-0.4, -0.2) is 30.4 Å². The Hall–Kier alpha value is -2.85. The molecular weight excluding hydrogens is 409 g/mol. The lowest BCUT2D eigenvalue weighted by atomic mass is 9.90. The number of methoxy groups -OCH3 is 1. The zero-order chi connectivity index (χ0) is 22.2. The molecule has 0 aliphatic carbocycles. The lowest BCUT2D eigenvalue weighted by Gasteiger charge is -2.31. The van der Waals surface area contributed by atoms with Crippen LogP contribution in [0.2, 0.25) is 0 Å². The van der Waals surface area contributed by atoms with Crippen LogP contribution in [-0.2, 0) is 5.67 Å². The van der Waals surface area contributed by atoms with Gasteiger partial charge in [0.05, 0.1) is 7.11 Å². The number of alkyl halides is 7. The standard InChI is InChI=1S/C18H15F7N2O2/c1-9-7-11(16(19,17(20,21)22)18(23,24)25)8-10(2)14(9)27-15(28)12-5-4-6-13(26-12)29-3/h4-8H,1-3H3,(H,27,28). The van der Waals surface area contributed by atoms with Gasteiger partial charge in [0.1, 0.15) is 5.69 Å². The van der Waals surface area contributed by atoms with E-state index in [1.54, 1.807) is 0 Å². The summed E-state index contributed by atoms with van der Waals surface area (Å²) in [6, 6.07) is 5.08. The molecule has 2 aromatic rings. The number of hydrogen-bond acceptors (Lipinski definition) is 3. The molecule has 0 saturated heterocycles. The van der Waals surface area contributed by atoms with Gasteiger partial charge in [-0.15, -0.1) is 0 Å². The number of nitrogens with one attached hydrogen (secondary N) is 1. The summed E-state index contributed by atoms with van der Waals surface area (Å²) in [5, 5.41) is 2.36. The van der Waals surface area contributed by atoms with Crippen molar-refractivity contribution in [3.05, 3.63) is 52.7 Å². The normalized spacial score (nSPS) is 12.6. The number of rotatable bonds is 4. The maximum absolute atomic E-state index is 14.3. The summed E-state index contributed by atoms with van der Waals surface area (Å²) in [4.78, 5) is 16.2. The zero-order valence-corrected chi connectivity index (χ0v) is 15.3. The van der Waals surface area contributed by atoms with Crippen LogP contribution in [0.25, 0.3) is 0 Å². The molecular formula is C18H15F7N2O2. The molecule has 0 aliphatic rings. The lowest BCUT2D eigenvalue weighted by Crippen LogP contribution is -2.50. The van der Waals surface area contributed by atoms with Crippen molar-refractivity contribution in [2.24, 2.45) is 0 Å². The van der Waals surface area contributed by atoms with Crippen LogP contribution in [0.4, 0.5) is 36.4 Å². The first-order valence-corrected chi connectivity index (χ1v) is 7.99. The third-order valence-corrected chi connectivity index (χ3v) is 4.12. The topological polar surface area (TPSA) is 51.2 Å². The molecule has 0 saturated carbocycles. The summed E-state index contributed by atoms with van der Waals surface area (Å²) in [5.41, 5.74) is -7.71. The summed E-state index contributed by atoms with van der Waals surface area (Å²) in [5.74, 6) is -0.653.